The van der Waals surface area contributed by atoms with Crippen molar-refractivity contribution in [3.63, 3.8) is 0 Å². The van der Waals surface area contributed by atoms with Gasteiger partial charge in [-0.3, -0.25) is 19.1 Å². The highest BCUT2D eigenvalue weighted by atomic mass is 32.2. The van der Waals surface area contributed by atoms with Crippen LogP contribution in [0.2, 0.25) is 0 Å². The van der Waals surface area contributed by atoms with Crippen molar-refractivity contribution in [1.29, 1.82) is 0 Å². The normalized spacial score (nSPS) is 11.1. The average molecular weight is 489 g/mol. The van der Waals surface area contributed by atoms with Crippen molar-refractivity contribution in [2.24, 2.45) is 0 Å². The lowest BCUT2D eigenvalue weighted by Crippen LogP contribution is -2.24. The molecule has 0 aliphatic rings. The van der Waals surface area contributed by atoms with Crippen LogP contribution in [-0.2, 0) is 11.3 Å². The first-order valence-corrected chi connectivity index (χ1v) is 12.3. The van der Waals surface area contributed by atoms with E-state index in [2.05, 4.69) is 10.3 Å². The van der Waals surface area contributed by atoms with Crippen LogP contribution < -0.4 is 15.6 Å². The number of pyridine rings is 1. The molecule has 170 valence electrons. The molecule has 0 aliphatic heterocycles. The minimum absolute atomic E-state index is 0.0884. The Morgan fingerprint density at radius 2 is 1.94 bits per heavy atom. The quantitative estimate of drug-likeness (QED) is 0.262. The molecule has 5 aromatic rings. The van der Waals surface area contributed by atoms with E-state index in [0.717, 1.165) is 15.6 Å². The van der Waals surface area contributed by atoms with Gasteiger partial charge in [-0.1, -0.05) is 48.2 Å². The monoisotopic (exact) mass is 488 g/mol. The Hall–Kier alpha value is -3.69. The SMILES string of the molecule is COc1ccccc1NC(=O)CSc1nc2c(sc3ccccc32)c(=O)n1Cc1cccnc1. The predicted molar refractivity (Wildman–Crippen MR) is 137 cm³/mol. The molecular formula is C25H20N4O3S2. The topological polar surface area (TPSA) is 86.1 Å². The minimum Gasteiger partial charge on any atom is -0.495 e. The number of amides is 1. The fourth-order valence-corrected chi connectivity index (χ4v) is 5.52. The average Bonchev–Trinajstić information content (AvgIpc) is 3.24. The Morgan fingerprint density at radius 3 is 2.76 bits per heavy atom. The van der Waals surface area contributed by atoms with Gasteiger partial charge in [0.2, 0.25) is 5.91 Å². The van der Waals surface area contributed by atoms with Gasteiger partial charge in [0.05, 0.1) is 30.6 Å². The number of hydrogen-bond donors (Lipinski definition) is 1. The fraction of sp³-hybridized carbons (Fsp3) is 0.120. The molecular weight excluding hydrogens is 468 g/mol. The van der Waals surface area contributed by atoms with Crippen LogP contribution in [0.3, 0.4) is 0 Å². The maximum absolute atomic E-state index is 13.5. The number of thiophene rings is 1. The van der Waals surface area contributed by atoms with E-state index in [1.165, 1.54) is 23.1 Å². The van der Waals surface area contributed by atoms with Gasteiger partial charge in [-0.2, -0.15) is 0 Å². The van der Waals surface area contributed by atoms with Gasteiger partial charge in [0, 0.05) is 22.5 Å². The van der Waals surface area contributed by atoms with Crippen LogP contribution in [0.1, 0.15) is 5.56 Å². The van der Waals surface area contributed by atoms with Crippen LogP contribution in [0.5, 0.6) is 5.75 Å². The van der Waals surface area contributed by atoms with Crippen molar-refractivity contribution in [3.8, 4) is 5.75 Å². The molecule has 1 amide bonds. The van der Waals surface area contributed by atoms with Gasteiger partial charge >= 0.3 is 0 Å². The lowest BCUT2D eigenvalue weighted by molar-refractivity contribution is -0.113. The molecule has 0 spiro atoms. The lowest BCUT2D eigenvalue weighted by Gasteiger charge is -2.13. The maximum Gasteiger partial charge on any atom is 0.272 e. The summed E-state index contributed by atoms with van der Waals surface area (Å²) in [7, 11) is 1.56. The molecule has 0 radical (unpaired) electrons. The molecule has 0 saturated carbocycles. The number of methoxy groups -OCH3 is 1. The van der Waals surface area contributed by atoms with Crippen LogP contribution in [-0.4, -0.2) is 33.3 Å². The van der Waals surface area contributed by atoms with Gasteiger partial charge in [0.25, 0.3) is 5.56 Å². The number of carbonyl (C=O) groups is 1. The standard InChI is InChI=1S/C25H20N4O3S2/c1-32-19-10-4-3-9-18(19)27-21(30)15-33-25-28-22-17-8-2-5-11-20(17)34-23(22)24(31)29(25)14-16-7-6-12-26-13-16/h2-13H,14-15H2,1H3,(H,27,30). The molecule has 0 bridgehead atoms. The molecule has 7 nitrogen and oxygen atoms in total. The number of nitrogens with zero attached hydrogens (tertiary/aromatic N) is 3. The molecule has 34 heavy (non-hydrogen) atoms. The van der Waals surface area contributed by atoms with E-state index in [-0.39, 0.29) is 17.2 Å². The first-order valence-electron chi connectivity index (χ1n) is 10.5. The lowest BCUT2D eigenvalue weighted by atomic mass is 10.2. The maximum atomic E-state index is 13.5. The second kappa shape index (κ2) is 9.66. The molecule has 1 N–H and O–H groups in total. The number of nitrogens with one attached hydrogen (secondary N) is 1. The van der Waals surface area contributed by atoms with E-state index >= 15 is 0 Å². The molecule has 0 aliphatic carbocycles. The molecule has 0 saturated heterocycles. The van der Waals surface area contributed by atoms with E-state index in [9.17, 15) is 9.59 Å². The van der Waals surface area contributed by atoms with Crippen LogP contribution in [0.25, 0.3) is 20.3 Å². The second-order valence-corrected chi connectivity index (χ2v) is 9.45. The Bertz CT molecular complexity index is 1550. The molecule has 3 heterocycles. The molecule has 5 rings (SSSR count). The van der Waals surface area contributed by atoms with E-state index < -0.39 is 0 Å². The Morgan fingerprint density at radius 1 is 1.12 bits per heavy atom. The van der Waals surface area contributed by atoms with Crippen molar-refractivity contribution in [2.45, 2.75) is 11.7 Å². The highest BCUT2D eigenvalue weighted by Gasteiger charge is 2.18. The van der Waals surface area contributed by atoms with Gasteiger partial charge in [-0.15, -0.1) is 11.3 Å². The number of carbonyl (C=O) groups excluding carboxylic acids is 1. The Kier molecular flexibility index (Phi) is 6.29. The number of fused-ring (bicyclic) bond motifs is 3. The summed E-state index contributed by atoms with van der Waals surface area (Å²) in [4.78, 5) is 35.3. The third-order valence-electron chi connectivity index (χ3n) is 5.22. The summed E-state index contributed by atoms with van der Waals surface area (Å²) in [5.74, 6) is 0.455. The van der Waals surface area contributed by atoms with E-state index in [1.807, 2.05) is 48.5 Å². The minimum atomic E-state index is -0.216. The van der Waals surface area contributed by atoms with Crippen molar-refractivity contribution in [3.05, 3.63) is 89.0 Å². The summed E-state index contributed by atoms with van der Waals surface area (Å²) in [5, 5.41) is 4.29. The van der Waals surface area contributed by atoms with E-state index in [1.54, 1.807) is 36.2 Å². The zero-order chi connectivity index (χ0) is 23.5. The number of ether oxygens (including phenoxy) is 1. The van der Waals surface area contributed by atoms with Gasteiger partial charge < -0.3 is 10.1 Å². The zero-order valence-corrected chi connectivity index (χ0v) is 19.9. The van der Waals surface area contributed by atoms with Crippen molar-refractivity contribution >= 4 is 55.0 Å². The highest BCUT2D eigenvalue weighted by molar-refractivity contribution is 7.99. The molecule has 0 fully saturated rings. The largest absolute Gasteiger partial charge is 0.495 e. The summed E-state index contributed by atoms with van der Waals surface area (Å²) in [6, 6.07) is 18.8. The number of hydrogen-bond acceptors (Lipinski definition) is 7. The number of para-hydroxylation sites is 2. The molecule has 0 atom stereocenters. The van der Waals surface area contributed by atoms with Crippen molar-refractivity contribution < 1.29 is 9.53 Å². The third kappa shape index (κ3) is 4.40. The van der Waals surface area contributed by atoms with Gasteiger partial charge in [-0.25, -0.2) is 4.98 Å². The van der Waals surface area contributed by atoms with Crippen molar-refractivity contribution in [1.82, 2.24) is 14.5 Å². The van der Waals surface area contributed by atoms with Gasteiger partial charge in [-0.05, 0) is 29.8 Å². The number of thioether (sulfide) groups is 1. The molecule has 2 aromatic carbocycles. The molecule has 0 unspecified atom stereocenters. The van der Waals surface area contributed by atoms with E-state index in [4.69, 9.17) is 9.72 Å². The summed E-state index contributed by atoms with van der Waals surface area (Å²) < 4.78 is 8.54. The number of aromatic nitrogens is 3. The molecule has 3 aromatic heterocycles. The van der Waals surface area contributed by atoms with Crippen LogP contribution in [0.4, 0.5) is 5.69 Å². The van der Waals surface area contributed by atoms with Crippen molar-refractivity contribution in [2.75, 3.05) is 18.2 Å². The number of anilines is 1. The number of benzene rings is 2. The van der Waals surface area contributed by atoms with Crippen LogP contribution in [0.15, 0.2) is 83.0 Å². The molecule has 9 heteroatoms. The zero-order valence-electron chi connectivity index (χ0n) is 18.2. The fourth-order valence-electron chi connectivity index (χ4n) is 3.64. The Labute approximate surface area is 203 Å². The smallest absolute Gasteiger partial charge is 0.272 e. The van der Waals surface area contributed by atoms with Gasteiger partial charge in [0.1, 0.15) is 10.4 Å². The van der Waals surface area contributed by atoms with Crippen LogP contribution >= 0.6 is 23.1 Å². The van der Waals surface area contributed by atoms with Gasteiger partial charge in [0.15, 0.2) is 5.16 Å². The summed E-state index contributed by atoms with van der Waals surface area (Å²) in [6.07, 6.45) is 3.42. The second-order valence-electron chi connectivity index (χ2n) is 7.46. The van der Waals surface area contributed by atoms with E-state index in [0.29, 0.717) is 33.4 Å². The first-order chi connectivity index (χ1) is 16.6. The summed E-state index contributed by atoms with van der Waals surface area (Å²) in [6.45, 7) is 0.320. The Balaban J connectivity index is 1.50. The summed E-state index contributed by atoms with van der Waals surface area (Å²) in [5.41, 5.74) is 2.02. The summed E-state index contributed by atoms with van der Waals surface area (Å²) >= 11 is 2.67. The van der Waals surface area contributed by atoms with Crippen LogP contribution in [0, 0.1) is 0 Å². The number of rotatable bonds is 7. The first kappa shape index (κ1) is 22.1. The highest BCUT2D eigenvalue weighted by Crippen LogP contribution is 2.32. The third-order valence-corrected chi connectivity index (χ3v) is 7.35. The predicted octanol–water partition coefficient (Wildman–Crippen LogP) is 4.79.